The van der Waals surface area contributed by atoms with Crippen molar-refractivity contribution in [2.75, 3.05) is 13.1 Å². The van der Waals surface area contributed by atoms with Crippen molar-refractivity contribution in [3.63, 3.8) is 0 Å². The van der Waals surface area contributed by atoms with Crippen LogP contribution in [0.2, 0.25) is 0 Å². The molecule has 0 aromatic rings. The molecule has 2 heteroatoms. The summed E-state index contributed by atoms with van der Waals surface area (Å²) in [7, 11) is 0. The molecule has 0 spiro atoms. The van der Waals surface area contributed by atoms with Crippen LogP contribution in [0.3, 0.4) is 0 Å². The molecule has 0 saturated carbocycles. The summed E-state index contributed by atoms with van der Waals surface area (Å²) in [6.45, 7) is 8.20. The van der Waals surface area contributed by atoms with Crippen molar-refractivity contribution < 1.29 is 0 Å². The van der Waals surface area contributed by atoms with Gasteiger partial charge in [-0.15, -0.1) is 0 Å². The number of nitrogens with one attached hydrogen (secondary N) is 2. The van der Waals surface area contributed by atoms with Crippen molar-refractivity contribution in [1.82, 2.24) is 11.1 Å². The Morgan fingerprint density at radius 3 is 2.18 bits per heavy atom. The van der Waals surface area contributed by atoms with Gasteiger partial charge in [0.2, 0.25) is 0 Å². The van der Waals surface area contributed by atoms with Gasteiger partial charge in [0.15, 0.2) is 0 Å². The Labute approximate surface area is 70.5 Å². The largest absolute Gasteiger partial charge is 0.312 e. The summed E-state index contributed by atoms with van der Waals surface area (Å²) in [5.41, 5.74) is 7.19. The van der Waals surface area contributed by atoms with Crippen LogP contribution < -0.4 is 11.1 Å². The first kappa shape index (κ1) is 10.9. The zero-order valence-electron chi connectivity index (χ0n) is 8.04. The molecule has 11 heavy (non-hydrogen) atoms. The van der Waals surface area contributed by atoms with Gasteiger partial charge in [-0.25, -0.2) is 0 Å². The van der Waals surface area contributed by atoms with Crippen LogP contribution in [-0.4, -0.2) is 18.6 Å². The minimum atomic E-state index is 0.251. The molecule has 0 rings (SSSR count). The van der Waals surface area contributed by atoms with Gasteiger partial charge in [0.05, 0.1) is 0 Å². The predicted octanol–water partition coefficient (Wildman–Crippen LogP) is 1.83. The molecular weight excluding hydrogens is 136 g/mol. The molecule has 2 N–H and O–H groups in total. The Balaban J connectivity index is 3.02. The highest BCUT2D eigenvalue weighted by Gasteiger charge is 2.06. The van der Waals surface area contributed by atoms with Crippen molar-refractivity contribution in [3.05, 3.63) is 0 Å². The van der Waals surface area contributed by atoms with Gasteiger partial charge in [-0.1, -0.05) is 6.42 Å². The van der Waals surface area contributed by atoms with Crippen molar-refractivity contribution >= 4 is 0 Å². The van der Waals surface area contributed by atoms with E-state index in [0.717, 1.165) is 13.0 Å². The number of hydrogen-bond donors (Lipinski definition) is 1. The zero-order valence-corrected chi connectivity index (χ0v) is 8.04. The molecule has 0 aliphatic rings. The first-order chi connectivity index (χ1) is 5.06. The van der Waals surface area contributed by atoms with Crippen molar-refractivity contribution in [3.8, 4) is 0 Å². The third-order valence-electron chi connectivity index (χ3n) is 1.51. The van der Waals surface area contributed by atoms with E-state index < -0.39 is 0 Å². The van der Waals surface area contributed by atoms with Crippen LogP contribution in [0.25, 0.3) is 0 Å². The Hall–Kier alpha value is -0.0800. The molecule has 0 atom stereocenters. The van der Waals surface area contributed by atoms with Gasteiger partial charge < -0.3 is 5.32 Å². The van der Waals surface area contributed by atoms with E-state index >= 15 is 0 Å². The van der Waals surface area contributed by atoms with Crippen molar-refractivity contribution in [2.24, 2.45) is 0 Å². The molecule has 0 aliphatic heterocycles. The van der Waals surface area contributed by atoms with Crippen LogP contribution in [0, 0.1) is 0 Å². The van der Waals surface area contributed by atoms with E-state index in [1.54, 1.807) is 0 Å². The number of unbranched alkanes of at least 4 members (excludes halogenated alkanes) is 2. The summed E-state index contributed by atoms with van der Waals surface area (Å²) in [5, 5.41) is 3.42. The Morgan fingerprint density at radius 2 is 1.73 bits per heavy atom. The average molecular weight is 157 g/mol. The Morgan fingerprint density at radius 1 is 1.09 bits per heavy atom. The molecular formula is C9H21N2. The van der Waals surface area contributed by atoms with E-state index in [2.05, 4.69) is 26.1 Å². The number of rotatable bonds is 5. The lowest BCUT2D eigenvalue weighted by molar-refractivity contribution is 0.417. The zero-order chi connectivity index (χ0) is 8.74. The Bertz CT molecular complexity index is 84.1. The summed E-state index contributed by atoms with van der Waals surface area (Å²) in [5.74, 6) is 0. The molecule has 0 heterocycles. The fourth-order valence-corrected chi connectivity index (χ4v) is 0.890. The molecule has 2 nitrogen and oxygen atoms in total. The van der Waals surface area contributed by atoms with Crippen molar-refractivity contribution in [2.45, 2.75) is 45.6 Å². The first-order valence-corrected chi connectivity index (χ1v) is 4.46. The van der Waals surface area contributed by atoms with Gasteiger partial charge >= 0.3 is 0 Å². The highest BCUT2D eigenvalue weighted by atomic mass is 14.9. The summed E-state index contributed by atoms with van der Waals surface area (Å²) >= 11 is 0. The third kappa shape index (κ3) is 9.92. The fraction of sp³-hybridized carbons (Fsp3) is 1.00. The van der Waals surface area contributed by atoms with Crippen LogP contribution in [-0.2, 0) is 0 Å². The van der Waals surface area contributed by atoms with Gasteiger partial charge in [-0.2, -0.15) is 0 Å². The van der Waals surface area contributed by atoms with Gasteiger partial charge in [0.1, 0.15) is 0 Å². The van der Waals surface area contributed by atoms with Crippen LogP contribution in [0.4, 0.5) is 0 Å². The Kier molecular flexibility index (Phi) is 5.51. The average Bonchev–Trinajstić information content (AvgIpc) is 1.85. The van der Waals surface area contributed by atoms with Crippen LogP contribution in [0.5, 0.6) is 0 Å². The summed E-state index contributed by atoms with van der Waals surface area (Å²) < 4.78 is 0. The molecule has 67 valence electrons. The lowest BCUT2D eigenvalue weighted by atomic mass is 10.1. The molecule has 0 unspecified atom stereocenters. The van der Waals surface area contributed by atoms with E-state index in [9.17, 15) is 0 Å². The smallest absolute Gasteiger partial charge is 0.00997 e. The van der Waals surface area contributed by atoms with E-state index in [-0.39, 0.29) is 5.54 Å². The fourth-order valence-electron chi connectivity index (χ4n) is 0.890. The second-order valence-electron chi connectivity index (χ2n) is 3.99. The standard InChI is InChI=1S/C9H21N2/c1-9(2,3)11-8-6-4-5-7-10/h10-11H,4-8H2,1-3H3. The lowest BCUT2D eigenvalue weighted by Crippen LogP contribution is -2.36. The molecule has 0 aliphatic carbocycles. The minimum Gasteiger partial charge on any atom is -0.312 e. The van der Waals surface area contributed by atoms with E-state index in [0.29, 0.717) is 6.54 Å². The van der Waals surface area contributed by atoms with Crippen LogP contribution >= 0.6 is 0 Å². The second-order valence-corrected chi connectivity index (χ2v) is 3.99. The maximum atomic E-state index is 6.94. The summed E-state index contributed by atoms with van der Waals surface area (Å²) in [6.07, 6.45) is 3.44. The summed E-state index contributed by atoms with van der Waals surface area (Å²) in [4.78, 5) is 0. The van der Waals surface area contributed by atoms with Crippen LogP contribution in [0.1, 0.15) is 40.0 Å². The third-order valence-corrected chi connectivity index (χ3v) is 1.51. The topological polar surface area (TPSA) is 35.8 Å². The van der Waals surface area contributed by atoms with Crippen molar-refractivity contribution in [1.29, 1.82) is 0 Å². The van der Waals surface area contributed by atoms with Gasteiger partial charge in [0, 0.05) is 12.1 Å². The minimum absolute atomic E-state index is 0.251. The van der Waals surface area contributed by atoms with E-state index in [1.165, 1.54) is 12.8 Å². The highest BCUT2D eigenvalue weighted by Crippen LogP contribution is 1.99. The highest BCUT2D eigenvalue weighted by molar-refractivity contribution is 4.69. The second kappa shape index (κ2) is 5.56. The molecule has 0 saturated heterocycles. The molecule has 0 fully saturated rings. The molecule has 0 aromatic carbocycles. The molecule has 0 aromatic heterocycles. The molecule has 1 radical (unpaired) electrons. The molecule has 0 bridgehead atoms. The van der Waals surface area contributed by atoms with Gasteiger partial charge in [-0.05, 0) is 40.2 Å². The van der Waals surface area contributed by atoms with Gasteiger partial charge in [-0.3, -0.25) is 5.73 Å². The maximum absolute atomic E-state index is 6.94. The van der Waals surface area contributed by atoms with Gasteiger partial charge in [0.25, 0.3) is 0 Å². The number of hydrogen-bond acceptors (Lipinski definition) is 1. The summed E-state index contributed by atoms with van der Waals surface area (Å²) in [6, 6.07) is 0. The first-order valence-electron chi connectivity index (χ1n) is 4.46. The normalized spacial score (nSPS) is 12.0. The predicted molar refractivity (Wildman–Crippen MR) is 49.6 cm³/mol. The van der Waals surface area contributed by atoms with E-state index in [1.807, 2.05) is 0 Å². The molecule has 0 amide bonds. The SMILES string of the molecule is CC(C)(C)NCCCCC[NH]. The monoisotopic (exact) mass is 157 g/mol. The van der Waals surface area contributed by atoms with Crippen LogP contribution in [0.15, 0.2) is 0 Å². The van der Waals surface area contributed by atoms with E-state index in [4.69, 9.17) is 5.73 Å². The quantitative estimate of drug-likeness (QED) is 0.607. The lowest BCUT2D eigenvalue weighted by Gasteiger charge is -2.20. The maximum Gasteiger partial charge on any atom is 0.00997 e.